The quantitative estimate of drug-likeness (QED) is 0.409. The molecule has 2 aromatic carbocycles. The lowest BCUT2D eigenvalue weighted by molar-refractivity contribution is -0.137. The highest BCUT2D eigenvalue weighted by Gasteiger charge is 2.34. The van der Waals surface area contributed by atoms with E-state index >= 15 is 0 Å². The maximum absolute atomic E-state index is 13.2. The number of hydrogen-bond acceptors (Lipinski definition) is 2. The van der Waals surface area contributed by atoms with Gasteiger partial charge in [-0.1, -0.05) is 46.9 Å². The molecule has 8 heteroatoms. The number of halogens is 6. The Bertz CT molecular complexity index is 776. The van der Waals surface area contributed by atoms with Crippen molar-refractivity contribution in [2.24, 2.45) is 5.16 Å². The third-order valence-corrected chi connectivity index (χ3v) is 4.06. The van der Waals surface area contributed by atoms with Gasteiger partial charge in [-0.15, -0.1) is 0 Å². The van der Waals surface area contributed by atoms with Crippen molar-refractivity contribution >= 4 is 40.5 Å². The molecule has 0 aliphatic carbocycles. The molecule has 0 amide bonds. The molecule has 128 valence electrons. The van der Waals surface area contributed by atoms with Crippen LogP contribution in [-0.2, 0) is 6.18 Å². The van der Waals surface area contributed by atoms with Gasteiger partial charge in [0.25, 0.3) is 0 Å². The second-order valence-corrected chi connectivity index (χ2v) is 6.00. The van der Waals surface area contributed by atoms with E-state index in [9.17, 15) is 13.2 Å². The van der Waals surface area contributed by atoms with Crippen molar-refractivity contribution in [3.63, 3.8) is 0 Å². The third-order valence-electron chi connectivity index (χ3n) is 3.09. The first-order chi connectivity index (χ1) is 11.2. The van der Waals surface area contributed by atoms with Crippen molar-refractivity contribution in [3.05, 3.63) is 62.6 Å². The summed E-state index contributed by atoms with van der Waals surface area (Å²) in [7, 11) is 0. The molecule has 0 heterocycles. The van der Waals surface area contributed by atoms with Gasteiger partial charge in [0, 0.05) is 16.7 Å². The minimum atomic E-state index is -4.53. The summed E-state index contributed by atoms with van der Waals surface area (Å²) in [6.07, 6.45) is -4.32. The van der Waals surface area contributed by atoms with Crippen LogP contribution in [0.2, 0.25) is 15.1 Å². The maximum Gasteiger partial charge on any atom is 0.417 e. The van der Waals surface area contributed by atoms with Crippen LogP contribution in [0.4, 0.5) is 13.2 Å². The molecule has 0 spiro atoms. The van der Waals surface area contributed by atoms with Crippen LogP contribution in [0.5, 0.6) is 5.75 Å². The van der Waals surface area contributed by atoms with Gasteiger partial charge in [0.2, 0.25) is 0 Å². The average molecular weight is 397 g/mol. The molecule has 0 N–H and O–H groups in total. The molecule has 2 aromatic rings. The van der Waals surface area contributed by atoms with Crippen LogP contribution in [0.25, 0.3) is 0 Å². The highest BCUT2D eigenvalue weighted by molar-refractivity contribution is 6.42. The van der Waals surface area contributed by atoms with Crippen molar-refractivity contribution in [1.29, 1.82) is 0 Å². The topological polar surface area (TPSA) is 21.6 Å². The summed E-state index contributed by atoms with van der Waals surface area (Å²) in [5.41, 5.74) is -0.848. The van der Waals surface area contributed by atoms with E-state index in [1.807, 2.05) is 0 Å². The highest BCUT2D eigenvalue weighted by atomic mass is 35.5. The van der Waals surface area contributed by atoms with Gasteiger partial charge in [0.15, 0.2) is 5.75 Å². The molecule has 0 unspecified atom stereocenters. The molecule has 2 nitrogen and oxygen atoms in total. The second kappa shape index (κ2) is 7.64. The average Bonchev–Trinajstić information content (AvgIpc) is 2.50. The van der Waals surface area contributed by atoms with Crippen molar-refractivity contribution in [1.82, 2.24) is 0 Å². The van der Waals surface area contributed by atoms with Crippen LogP contribution in [0, 0.1) is 0 Å². The molecule has 0 fully saturated rings. The first-order valence-electron chi connectivity index (χ1n) is 6.78. The summed E-state index contributed by atoms with van der Waals surface area (Å²) in [4.78, 5) is 5.19. The van der Waals surface area contributed by atoms with E-state index in [4.69, 9.17) is 39.6 Å². The van der Waals surface area contributed by atoms with Crippen LogP contribution in [0.1, 0.15) is 24.5 Å². The lowest BCUT2D eigenvalue weighted by Crippen LogP contribution is -2.14. The Kier molecular flexibility index (Phi) is 6.01. The normalized spacial score (nSPS) is 12.4. The van der Waals surface area contributed by atoms with Crippen LogP contribution >= 0.6 is 34.8 Å². The SMILES string of the molecule is CCC(=NOc1ccc(Cl)c(Cl)c1)c1cc(Cl)ccc1C(F)(F)F. The van der Waals surface area contributed by atoms with E-state index in [0.29, 0.717) is 5.02 Å². The zero-order valence-electron chi connectivity index (χ0n) is 12.3. The zero-order valence-corrected chi connectivity index (χ0v) is 14.6. The summed E-state index contributed by atoms with van der Waals surface area (Å²) >= 11 is 17.5. The molecule has 0 aliphatic rings. The maximum atomic E-state index is 13.2. The van der Waals surface area contributed by atoms with Gasteiger partial charge in [-0.3, -0.25) is 0 Å². The number of oxime groups is 1. The Labute approximate surface area is 151 Å². The molecule has 0 saturated heterocycles. The minimum absolute atomic E-state index is 0.107. The Balaban J connectivity index is 2.40. The lowest BCUT2D eigenvalue weighted by atomic mass is 10.0. The summed E-state index contributed by atoms with van der Waals surface area (Å²) in [5.74, 6) is 0.255. The van der Waals surface area contributed by atoms with Gasteiger partial charge in [-0.2, -0.15) is 13.2 Å². The zero-order chi connectivity index (χ0) is 17.9. The molecule has 0 aromatic heterocycles. The fourth-order valence-electron chi connectivity index (χ4n) is 1.95. The second-order valence-electron chi connectivity index (χ2n) is 4.75. The predicted molar refractivity (Wildman–Crippen MR) is 90.4 cm³/mol. The first-order valence-corrected chi connectivity index (χ1v) is 7.91. The van der Waals surface area contributed by atoms with Crippen molar-refractivity contribution in [2.45, 2.75) is 19.5 Å². The largest absolute Gasteiger partial charge is 0.417 e. The first kappa shape index (κ1) is 18.9. The molecular weight excluding hydrogens is 386 g/mol. The number of benzene rings is 2. The van der Waals surface area contributed by atoms with E-state index < -0.39 is 11.7 Å². The fraction of sp³-hybridized carbons (Fsp3) is 0.188. The number of rotatable bonds is 4. The Hall–Kier alpha value is -1.43. The van der Waals surface area contributed by atoms with Crippen molar-refractivity contribution in [3.8, 4) is 5.75 Å². The summed E-state index contributed by atoms with van der Waals surface area (Å²) in [6.45, 7) is 1.66. The van der Waals surface area contributed by atoms with E-state index in [1.54, 1.807) is 6.92 Å². The summed E-state index contributed by atoms with van der Waals surface area (Å²) in [6, 6.07) is 7.74. The summed E-state index contributed by atoms with van der Waals surface area (Å²) in [5, 5.41) is 4.58. The van der Waals surface area contributed by atoms with Gasteiger partial charge >= 0.3 is 6.18 Å². The smallest absolute Gasteiger partial charge is 0.357 e. The standard InChI is InChI=1S/C16H11Cl3F3NO/c1-2-15(23-24-10-4-6-13(18)14(19)8-10)11-7-9(17)3-5-12(11)16(20,21)22/h3-8H,2H2,1H3. The van der Waals surface area contributed by atoms with Gasteiger partial charge in [-0.05, 0) is 36.8 Å². The van der Waals surface area contributed by atoms with Crippen LogP contribution in [0.3, 0.4) is 0 Å². The highest BCUT2D eigenvalue weighted by Crippen LogP contribution is 2.34. The molecule has 0 radical (unpaired) electrons. The Morgan fingerprint density at radius 1 is 1.04 bits per heavy atom. The molecular formula is C16H11Cl3F3NO. The van der Waals surface area contributed by atoms with Gasteiger partial charge in [-0.25, -0.2) is 0 Å². The molecule has 0 aliphatic heterocycles. The van der Waals surface area contributed by atoms with Gasteiger partial charge in [0.05, 0.1) is 21.3 Å². The van der Waals surface area contributed by atoms with Crippen molar-refractivity contribution in [2.75, 3.05) is 0 Å². The summed E-state index contributed by atoms with van der Waals surface area (Å²) < 4.78 is 39.5. The van der Waals surface area contributed by atoms with E-state index in [2.05, 4.69) is 5.16 Å². The number of hydrogen-bond donors (Lipinski definition) is 0. The predicted octanol–water partition coefficient (Wildman–Crippen LogP) is 6.86. The van der Waals surface area contributed by atoms with Crippen molar-refractivity contribution < 1.29 is 18.0 Å². The molecule has 24 heavy (non-hydrogen) atoms. The van der Waals surface area contributed by atoms with Crippen LogP contribution in [0.15, 0.2) is 41.6 Å². The third kappa shape index (κ3) is 4.56. The van der Waals surface area contributed by atoms with E-state index in [0.717, 1.165) is 6.07 Å². The number of alkyl halides is 3. The van der Waals surface area contributed by atoms with Crippen LogP contribution in [-0.4, -0.2) is 5.71 Å². The van der Waals surface area contributed by atoms with E-state index in [1.165, 1.54) is 30.3 Å². The monoisotopic (exact) mass is 395 g/mol. The molecule has 0 atom stereocenters. The fourth-order valence-corrected chi connectivity index (χ4v) is 2.41. The molecule has 2 rings (SSSR count). The minimum Gasteiger partial charge on any atom is -0.357 e. The Morgan fingerprint density at radius 3 is 2.33 bits per heavy atom. The molecule has 0 saturated carbocycles. The molecule has 0 bridgehead atoms. The van der Waals surface area contributed by atoms with Crippen LogP contribution < -0.4 is 4.84 Å². The Morgan fingerprint density at radius 2 is 1.75 bits per heavy atom. The van der Waals surface area contributed by atoms with Gasteiger partial charge in [0.1, 0.15) is 0 Å². The van der Waals surface area contributed by atoms with Gasteiger partial charge < -0.3 is 4.84 Å². The number of nitrogens with zero attached hydrogens (tertiary/aromatic N) is 1. The van der Waals surface area contributed by atoms with E-state index in [-0.39, 0.29) is 33.5 Å². The lowest BCUT2D eigenvalue weighted by Gasteiger charge is -2.14.